The fourth-order valence-corrected chi connectivity index (χ4v) is 9.19. The fourth-order valence-electron chi connectivity index (χ4n) is 7.06. The maximum Gasteiger partial charge on any atom is 0.339 e. The van der Waals surface area contributed by atoms with Crippen molar-refractivity contribution in [2.75, 3.05) is 0 Å². The molecule has 0 atom stereocenters. The minimum Gasteiger partial charge on any atom is -0.379 e. The number of carbonyl (C=O) groups is 2. The first kappa shape index (κ1) is 27.9. The predicted octanol–water partition coefficient (Wildman–Crippen LogP) is 5.12. The molecule has 13 heteroatoms. The number of hydrazine groups is 1. The zero-order valence-corrected chi connectivity index (χ0v) is 24.5. The monoisotopic (exact) mass is 613 g/mol. The van der Waals surface area contributed by atoms with E-state index in [2.05, 4.69) is 5.43 Å². The summed E-state index contributed by atoms with van der Waals surface area (Å²) in [6, 6.07) is 9.54. The highest BCUT2D eigenvalue weighted by Crippen LogP contribution is 2.60. The molecular formula is C28H27N3O7S3. The van der Waals surface area contributed by atoms with Crippen molar-refractivity contribution in [3.8, 4) is 5.75 Å². The Labute approximate surface area is 246 Å². The number of nitro benzene ring substituents is 1. The van der Waals surface area contributed by atoms with E-state index in [4.69, 9.17) is 16.4 Å². The van der Waals surface area contributed by atoms with Crippen molar-refractivity contribution in [1.82, 2.24) is 10.4 Å². The van der Waals surface area contributed by atoms with Crippen LogP contribution in [0.4, 0.5) is 5.69 Å². The molecule has 1 heterocycles. The van der Waals surface area contributed by atoms with Gasteiger partial charge < -0.3 is 4.18 Å². The second-order valence-corrected chi connectivity index (χ2v) is 14.7. The molecule has 4 saturated carbocycles. The Hall–Kier alpha value is -3.29. The summed E-state index contributed by atoms with van der Waals surface area (Å²) in [5.74, 6) is 1.25. The molecule has 1 aliphatic heterocycles. The number of nitrogens with zero attached hydrogens (tertiary/aromatic N) is 2. The molecule has 2 amide bonds. The normalized spacial score (nSPS) is 27.9. The summed E-state index contributed by atoms with van der Waals surface area (Å²) in [6.07, 6.45) is 7.86. The molecule has 1 N–H and O–H groups in total. The lowest BCUT2D eigenvalue weighted by Crippen LogP contribution is -2.57. The number of carbonyl (C=O) groups excluding carboxylic acids is 2. The summed E-state index contributed by atoms with van der Waals surface area (Å²) in [7, 11) is -4.32. The lowest BCUT2D eigenvalue weighted by molar-refractivity contribution is -0.385. The van der Waals surface area contributed by atoms with Crippen LogP contribution in [0.5, 0.6) is 5.75 Å². The quantitative estimate of drug-likeness (QED) is 0.148. The summed E-state index contributed by atoms with van der Waals surface area (Å²) >= 11 is 6.50. The van der Waals surface area contributed by atoms with Crippen LogP contribution in [0.25, 0.3) is 6.08 Å². The third kappa shape index (κ3) is 5.26. The van der Waals surface area contributed by atoms with Crippen LogP contribution in [-0.4, -0.2) is 34.5 Å². The Bertz CT molecular complexity index is 1580. The molecule has 1 saturated heterocycles. The van der Waals surface area contributed by atoms with Crippen molar-refractivity contribution in [3.05, 3.63) is 68.6 Å². The minimum atomic E-state index is -4.32. The Morgan fingerprint density at radius 3 is 2.32 bits per heavy atom. The van der Waals surface area contributed by atoms with Crippen molar-refractivity contribution >= 4 is 62.0 Å². The van der Waals surface area contributed by atoms with Gasteiger partial charge in [0.15, 0.2) is 4.32 Å². The average molecular weight is 614 g/mol. The Balaban J connectivity index is 1.13. The number of thiocarbonyl (C=S) groups is 1. The highest BCUT2D eigenvalue weighted by molar-refractivity contribution is 8.26. The van der Waals surface area contributed by atoms with Gasteiger partial charge in [-0.2, -0.15) is 13.4 Å². The molecule has 2 aromatic carbocycles. The van der Waals surface area contributed by atoms with Crippen LogP contribution < -0.4 is 9.61 Å². The molecule has 0 spiro atoms. The van der Waals surface area contributed by atoms with Gasteiger partial charge in [0, 0.05) is 11.6 Å². The van der Waals surface area contributed by atoms with Gasteiger partial charge in [0.05, 0.1) is 15.2 Å². The van der Waals surface area contributed by atoms with Crippen LogP contribution in [0.3, 0.4) is 0 Å². The summed E-state index contributed by atoms with van der Waals surface area (Å²) in [4.78, 5) is 37.1. The van der Waals surface area contributed by atoms with E-state index >= 15 is 0 Å². The Morgan fingerprint density at radius 2 is 1.73 bits per heavy atom. The van der Waals surface area contributed by atoms with Crippen LogP contribution in [0.1, 0.15) is 49.7 Å². The average Bonchev–Trinajstić information content (AvgIpc) is 3.16. The lowest BCUT2D eigenvalue weighted by atomic mass is 9.49. The van der Waals surface area contributed by atoms with E-state index in [0.29, 0.717) is 33.8 Å². The maximum absolute atomic E-state index is 13.4. The van der Waals surface area contributed by atoms with Crippen LogP contribution in [-0.2, 0) is 19.7 Å². The van der Waals surface area contributed by atoms with Gasteiger partial charge in [-0.1, -0.05) is 30.0 Å². The largest absolute Gasteiger partial charge is 0.379 e. The molecule has 0 unspecified atom stereocenters. The number of amides is 2. The first-order valence-corrected chi connectivity index (χ1v) is 15.9. The molecule has 5 aliphatic rings. The summed E-state index contributed by atoms with van der Waals surface area (Å²) in [5, 5.41) is 12.4. The topological polar surface area (TPSA) is 136 Å². The van der Waals surface area contributed by atoms with Gasteiger partial charge in [0.25, 0.3) is 11.6 Å². The van der Waals surface area contributed by atoms with Crippen molar-refractivity contribution in [2.45, 2.75) is 50.3 Å². The number of hydrogen-bond acceptors (Lipinski definition) is 9. The number of rotatable bonds is 7. The van der Waals surface area contributed by atoms with Gasteiger partial charge in [-0.05, 0) is 105 Å². The second-order valence-electron chi connectivity index (χ2n) is 11.5. The van der Waals surface area contributed by atoms with E-state index in [1.165, 1.54) is 50.5 Å². The van der Waals surface area contributed by atoms with Gasteiger partial charge in [0.2, 0.25) is 5.91 Å². The van der Waals surface area contributed by atoms with Crippen LogP contribution in [0, 0.1) is 40.2 Å². The zero-order chi connectivity index (χ0) is 29.1. The van der Waals surface area contributed by atoms with Crippen LogP contribution >= 0.6 is 24.0 Å². The number of benzene rings is 2. The molecule has 2 aromatic rings. The van der Waals surface area contributed by atoms with E-state index in [9.17, 15) is 28.1 Å². The van der Waals surface area contributed by atoms with Crippen molar-refractivity contribution in [2.24, 2.45) is 23.2 Å². The van der Waals surface area contributed by atoms with E-state index in [-0.39, 0.29) is 26.6 Å². The molecule has 214 valence electrons. The van der Waals surface area contributed by atoms with Crippen LogP contribution in [0.15, 0.2) is 52.3 Å². The summed E-state index contributed by atoms with van der Waals surface area (Å²) in [5.41, 5.74) is 3.01. The predicted molar refractivity (Wildman–Crippen MR) is 156 cm³/mol. The Morgan fingerprint density at radius 1 is 1.12 bits per heavy atom. The summed E-state index contributed by atoms with van der Waals surface area (Å²) in [6.45, 7) is 1.51. The molecular weight excluding hydrogens is 587 g/mol. The highest BCUT2D eigenvalue weighted by atomic mass is 32.2. The van der Waals surface area contributed by atoms with E-state index < -0.39 is 26.4 Å². The van der Waals surface area contributed by atoms with E-state index in [0.717, 1.165) is 42.1 Å². The first-order valence-electron chi connectivity index (χ1n) is 13.3. The number of hydrogen-bond donors (Lipinski definition) is 1. The maximum atomic E-state index is 13.4. The fraction of sp³-hybridized carbons (Fsp3) is 0.393. The van der Waals surface area contributed by atoms with Gasteiger partial charge >= 0.3 is 10.1 Å². The SMILES string of the molecule is Cc1ccc(S(=O)(=O)Oc2ccc(/C=C3\SC(=S)N(NC(=O)C45CC6CC(CC(C6)C4)C5)C3=O)cc2)cc1[N+](=O)[O-]. The number of nitro groups is 1. The van der Waals surface area contributed by atoms with Crippen LogP contribution in [0.2, 0.25) is 0 Å². The molecule has 5 fully saturated rings. The molecule has 7 rings (SSSR count). The zero-order valence-electron chi connectivity index (χ0n) is 22.1. The number of aryl methyl sites for hydroxylation is 1. The molecule has 0 radical (unpaired) electrons. The Kier molecular flexibility index (Phi) is 6.94. The highest BCUT2D eigenvalue weighted by Gasteiger charge is 2.55. The molecule has 41 heavy (non-hydrogen) atoms. The molecule has 4 bridgehead atoms. The van der Waals surface area contributed by atoms with Crippen molar-refractivity contribution in [1.29, 1.82) is 0 Å². The van der Waals surface area contributed by atoms with Gasteiger partial charge in [-0.3, -0.25) is 25.1 Å². The molecule has 10 nitrogen and oxygen atoms in total. The van der Waals surface area contributed by atoms with E-state index in [1.54, 1.807) is 18.2 Å². The summed E-state index contributed by atoms with van der Waals surface area (Å²) < 4.78 is 30.8. The van der Waals surface area contributed by atoms with Crippen molar-refractivity contribution < 1.29 is 27.1 Å². The first-order chi connectivity index (χ1) is 19.4. The standard InChI is InChI=1S/C28H27N3O7S3/c1-16-2-7-22(12-23(16)31(34)35)41(36,37)38-21-5-3-17(4-6-21)11-24-25(32)30(27(39)40-24)29-26(33)28-13-18-8-19(14-28)10-20(9-18)15-28/h2-7,11-12,18-20H,8-10,13-15H2,1H3,(H,29,33)/b24-11-. The minimum absolute atomic E-state index is 0.000707. The smallest absolute Gasteiger partial charge is 0.339 e. The number of thioether (sulfide) groups is 1. The third-order valence-electron chi connectivity index (χ3n) is 8.58. The third-order valence-corrected chi connectivity index (χ3v) is 11.1. The van der Waals surface area contributed by atoms with E-state index in [1.807, 2.05) is 0 Å². The molecule has 0 aromatic heterocycles. The molecule has 4 aliphatic carbocycles. The van der Waals surface area contributed by atoms with Crippen molar-refractivity contribution in [3.63, 3.8) is 0 Å². The lowest BCUT2D eigenvalue weighted by Gasteiger charge is -2.55. The second kappa shape index (κ2) is 10.2. The van der Waals surface area contributed by atoms with Gasteiger partial charge in [0.1, 0.15) is 10.6 Å². The van der Waals surface area contributed by atoms with Gasteiger partial charge in [-0.15, -0.1) is 0 Å². The number of nitrogens with one attached hydrogen (secondary N) is 1. The van der Waals surface area contributed by atoms with Gasteiger partial charge in [-0.25, -0.2) is 0 Å².